The zero-order valence-electron chi connectivity index (χ0n) is 11.1. The Hall–Kier alpha value is -1.62. The van der Waals surface area contributed by atoms with Gasteiger partial charge in [0.2, 0.25) is 0 Å². The van der Waals surface area contributed by atoms with Crippen molar-refractivity contribution in [3.05, 3.63) is 58.1 Å². The number of hydrogen-bond acceptors (Lipinski definition) is 2. The van der Waals surface area contributed by atoms with E-state index in [1.54, 1.807) is 20.1 Å². The van der Waals surface area contributed by atoms with Gasteiger partial charge in [0.05, 0.1) is 17.6 Å². The lowest BCUT2D eigenvalue weighted by Crippen LogP contribution is -2.09. The highest BCUT2D eigenvalue weighted by atomic mass is 79.9. The SMILES string of the molecule is COc1cc(NC(C)c2cc(F)ccc2F)ccc1Br. The molecule has 0 saturated carbocycles. The molecule has 0 bridgehead atoms. The molecule has 0 amide bonds. The molecule has 0 aromatic heterocycles. The van der Waals surface area contributed by atoms with Crippen LogP contribution in [0.3, 0.4) is 0 Å². The summed E-state index contributed by atoms with van der Waals surface area (Å²) in [5.41, 5.74) is 1.05. The Labute approximate surface area is 124 Å². The smallest absolute Gasteiger partial charge is 0.135 e. The van der Waals surface area contributed by atoms with E-state index in [9.17, 15) is 8.78 Å². The van der Waals surface area contributed by atoms with Crippen molar-refractivity contribution in [1.29, 1.82) is 0 Å². The Bertz CT molecular complexity index is 619. The van der Waals surface area contributed by atoms with Gasteiger partial charge in [-0.15, -0.1) is 0 Å². The molecule has 0 fully saturated rings. The van der Waals surface area contributed by atoms with E-state index in [0.717, 1.165) is 22.3 Å². The molecule has 2 rings (SSSR count). The van der Waals surface area contributed by atoms with Crippen LogP contribution in [-0.4, -0.2) is 7.11 Å². The quantitative estimate of drug-likeness (QED) is 0.853. The van der Waals surface area contributed by atoms with Crippen LogP contribution in [0.15, 0.2) is 40.9 Å². The first-order valence-corrected chi connectivity index (χ1v) is 6.85. The minimum Gasteiger partial charge on any atom is -0.495 e. The fourth-order valence-corrected chi connectivity index (χ4v) is 2.33. The third-order valence-electron chi connectivity index (χ3n) is 2.96. The van der Waals surface area contributed by atoms with Crippen LogP contribution in [0.1, 0.15) is 18.5 Å². The summed E-state index contributed by atoms with van der Waals surface area (Å²) in [6, 6.07) is 8.52. The van der Waals surface area contributed by atoms with Gasteiger partial charge in [-0.3, -0.25) is 0 Å². The number of nitrogens with one attached hydrogen (secondary N) is 1. The zero-order chi connectivity index (χ0) is 14.7. The Morgan fingerprint density at radius 1 is 1.15 bits per heavy atom. The maximum absolute atomic E-state index is 13.7. The molecule has 106 valence electrons. The average Bonchev–Trinajstić information content (AvgIpc) is 2.43. The second kappa shape index (κ2) is 6.22. The third kappa shape index (κ3) is 3.28. The number of benzene rings is 2. The Kier molecular flexibility index (Phi) is 4.60. The monoisotopic (exact) mass is 341 g/mol. The number of ether oxygens (including phenoxy) is 1. The summed E-state index contributed by atoms with van der Waals surface area (Å²) in [7, 11) is 1.57. The highest BCUT2D eigenvalue weighted by Crippen LogP contribution is 2.30. The van der Waals surface area contributed by atoms with Gasteiger partial charge in [-0.05, 0) is 53.2 Å². The van der Waals surface area contributed by atoms with Crippen molar-refractivity contribution in [2.45, 2.75) is 13.0 Å². The lowest BCUT2D eigenvalue weighted by atomic mass is 10.1. The first-order chi connectivity index (χ1) is 9.51. The molecule has 20 heavy (non-hydrogen) atoms. The fourth-order valence-electron chi connectivity index (χ4n) is 1.92. The number of halogens is 3. The van der Waals surface area contributed by atoms with E-state index in [-0.39, 0.29) is 11.6 Å². The number of hydrogen-bond donors (Lipinski definition) is 1. The average molecular weight is 342 g/mol. The van der Waals surface area contributed by atoms with Crippen molar-refractivity contribution in [1.82, 2.24) is 0 Å². The molecule has 5 heteroatoms. The predicted molar refractivity (Wildman–Crippen MR) is 79.1 cm³/mol. The topological polar surface area (TPSA) is 21.3 Å². The van der Waals surface area contributed by atoms with Gasteiger partial charge < -0.3 is 10.1 Å². The van der Waals surface area contributed by atoms with E-state index in [4.69, 9.17) is 4.74 Å². The summed E-state index contributed by atoms with van der Waals surface area (Å²) < 4.78 is 32.9. The van der Waals surface area contributed by atoms with Crippen LogP contribution in [0.4, 0.5) is 14.5 Å². The normalized spacial score (nSPS) is 12.1. The minimum atomic E-state index is -0.455. The molecule has 2 aromatic carbocycles. The first-order valence-electron chi connectivity index (χ1n) is 6.06. The molecular formula is C15H14BrF2NO. The van der Waals surface area contributed by atoms with E-state index in [0.29, 0.717) is 5.75 Å². The largest absolute Gasteiger partial charge is 0.495 e. The van der Waals surface area contributed by atoms with Crippen molar-refractivity contribution in [2.24, 2.45) is 0 Å². The van der Waals surface area contributed by atoms with Crippen LogP contribution in [0.25, 0.3) is 0 Å². The van der Waals surface area contributed by atoms with E-state index in [2.05, 4.69) is 21.2 Å². The summed E-state index contributed by atoms with van der Waals surface area (Å²) in [6.45, 7) is 1.77. The zero-order valence-corrected chi connectivity index (χ0v) is 12.7. The van der Waals surface area contributed by atoms with Crippen LogP contribution >= 0.6 is 15.9 Å². The minimum absolute atomic E-state index is 0.284. The van der Waals surface area contributed by atoms with Crippen molar-refractivity contribution in [3.8, 4) is 5.75 Å². The molecule has 2 nitrogen and oxygen atoms in total. The van der Waals surface area contributed by atoms with Crippen LogP contribution in [0.5, 0.6) is 5.75 Å². The Balaban J connectivity index is 2.23. The molecular weight excluding hydrogens is 328 g/mol. The van der Waals surface area contributed by atoms with Gasteiger partial charge in [0.25, 0.3) is 0 Å². The second-order valence-corrected chi connectivity index (χ2v) is 5.24. The molecule has 1 unspecified atom stereocenters. The van der Waals surface area contributed by atoms with Gasteiger partial charge in [0.15, 0.2) is 0 Å². The van der Waals surface area contributed by atoms with Crippen molar-refractivity contribution < 1.29 is 13.5 Å². The summed E-state index contributed by atoms with van der Waals surface area (Å²) in [4.78, 5) is 0. The van der Waals surface area contributed by atoms with Gasteiger partial charge >= 0.3 is 0 Å². The van der Waals surface area contributed by atoms with Crippen LogP contribution in [0.2, 0.25) is 0 Å². The van der Waals surface area contributed by atoms with Crippen LogP contribution in [0, 0.1) is 11.6 Å². The molecule has 0 aliphatic rings. The first kappa shape index (κ1) is 14.8. The molecule has 2 aromatic rings. The molecule has 0 radical (unpaired) electrons. The van der Waals surface area contributed by atoms with Gasteiger partial charge in [-0.25, -0.2) is 8.78 Å². The summed E-state index contributed by atoms with van der Waals surface area (Å²) in [5.74, 6) is -0.221. The molecule has 0 spiro atoms. The summed E-state index contributed by atoms with van der Waals surface area (Å²) >= 11 is 3.36. The molecule has 1 atom stereocenters. The maximum atomic E-state index is 13.7. The highest BCUT2D eigenvalue weighted by Gasteiger charge is 2.12. The third-order valence-corrected chi connectivity index (χ3v) is 3.61. The fraction of sp³-hybridized carbons (Fsp3) is 0.200. The number of rotatable bonds is 4. The van der Waals surface area contributed by atoms with E-state index >= 15 is 0 Å². The highest BCUT2D eigenvalue weighted by molar-refractivity contribution is 9.10. The summed E-state index contributed by atoms with van der Waals surface area (Å²) in [5, 5.41) is 3.12. The molecule has 0 aliphatic heterocycles. The predicted octanol–water partition coefficient (Wildman–Crippen LogP) is 4.91. The second-order valence-electron chi connectivity index (χ2n) is 4.38. The van der Waals surface area contributed by atoms with Crippen molar-refractivity contribution in [2.75, 3.05) is 12.4 Å². The van der Waals surface area contributed by atoms with E-state index < -0.39 is 11.6 Å². The lowest BCUT2D eigenvalue weighted by molar-refractivity contribution is 0.412. The van der Waals surface area contributed by atoms with Crippen molar-refractivity contribution >= 4 is 21.6 Å². The Morgan fingerprint density at radius 3 is 2.60 bits per heavy atom. The Morgan fingerprint density at radius 2 is 1.90 bits per heavy atom. The summed E-state index contributed by atoms with van der Waals surface area (Å²) in [6.07, 6.45) is 0. The molecule has 0 saturated heterocycles. The van der Waals surface area contributed by atoms with Gasteiger partial charge in [0, 0.05) is 17.3 Å². The standard InChI is InChI=1S/C15H14BrF2NO/c1-9(12-7-10(17)3-6-14(12)18)19-11-4-5-13(16)15(8-11)20-2/h3-9,19H,1-2H3. The van der Waals surface area contributed by atoms with Crippen LogP contribution < -0.4 is 10.1 Å². The molecule has 0 aliphatic carbocycles. The van der Waals surface area contributed by atoms with E-state index in [1.165, 1.54) is 6.07 Å². The van der Waals surface area contributed by atoms with Gasteiger partial charge in [-0.1, -0.05) is 0 Å². The number of methoxy groups -OCH3 is 1. The number of anilines is 1. The van der Waals surface area contributed by atoms with Gasteiger partial charge in [-0.2, -0.15) is 0 Å². The molecule has 1 N–H and O–H groups in total. The lowest BCUT2D eigenvalue weighted by Gasteiger charge is -2.17. The van der Waals surface area contributed by atoms with E-state index in [1.807, 2.05) is 12.1 Å². The maximum Gasteiger partial charge on any atom is 0.135 e. The van der Waals surface area contributed by atoms with Gasteiger partial charge in [0.1, 0.15) is 17.4 Å². The van der Waals surface area contributed by atoms with Crippen molar-refractivity contribution in [3.63, 3.8) is 0 Å². The van der Waals surface area contributed by atoms with Crippen LogP contribution in [-0.2, 0) is 0 Å². The molecule has 0 heterocycles.